The van der Waals surface area contributed by atoms with Crippen LogP contribution in [0.25, 0.3) is 0 Å². The van der Waals surface area contributed by atoms with Crippen LogP contribution in [0.1, 0.15) is 30.4 Å². The Kier molecular flexibility index (Phi) is 2.08. The molecule has 2 heteroatoms. The lowest BCUT2D eigenvalue weighted by Crippen LogP contribution is -2.31. The molecule has 0 heterocycles. The number of hydrogen-bond acceptors (Lipinski definition) is 1. The van der Waals surface area contributed by atoms with E-state index in [4.69, 9.17) is 5.73 Å². The zero-order valence-corrected chi connectivity index (χ0v) is 7.76. The lowest BCUT2D eigenvalue weighted by atomic mass is 9.80. The van der Waals surface area contributed by atoms with Crippen LogP contribution in [0.15, 0.2) is 18.2 Å². The summed E-state index contributed by atoms with van der Waals surface area (Å²) < 4.78 is 13.3. The molecule has 13 heavy (non-hydrogen) atoms. The molecule has 0 amide bonds. The lowest BCUT2D eigenvalue weighted by Gasteiger charge is -2.28. The van der Waals surface area contributed by atoms with Gasteiger partial charge in [-0.2, -0.15) is 0 Å². The van der Waals surface area contributed by atoms with Gasteiger partial charge in [-0.05, 0) is 36.0 Å². The minimum Gasteiger partial charge on any atom is -0.327 e. The van der Waals surface area contributed by atoms with Crippen LogP contribution in [0.2, 0.25) is 0 Å². The summed E-state index contributed by atoms with van der Waals surface area (Å²) in [6.45, 7) is 2.07. The van der Waals surface area contributed by atoms with E-state index in [0.29, 0.717) is 5.92 Å². The fraction of sp³-hybridized carbons (Fsp3) is 0.455. The maximum Gasteiger partial charge on any atom is 0.126 e. The van der Waals surface area contributed by atoms with Crippen LogP contribution in [-0.4, -0.2) is 6.04 Å². The summed E-state index contributed by atoms with van der Waals surface area (Å²) in [5.41, 5.74) is 7.89. The van der Waals surface area contributed by atoms with Crippen molar-refractivity contribution in [1.82, 2.24) is 0 Å². The molecule has 1 nitrogen and oxygen atoms in total. The highest BCUT2D eigenvalue weighted by atomic mass is 19.1. The standard InChI is InChI=1S/C11H14FN/c1-7-8-3-2-4-10(12)9(8)5-6-11(7)13/h2-4,7,11H,5-6,13H2,1H3. The Bertz CT molecular complexity index is 322. The first-order valence-corrected chi connectivity index (χ1v) is 4.73. The first-order valence-electron chi connectivity index (χ1n) is 4.73. The quantitative estimate of drug-likeness (QED) is 0.649. The summed E-state index contributed by atoms with van der Waals surface area (Å²) in [6.07, 6.45) is 1.68. The molecule has 0 radical (unpaired) electrons. The molecule has 1 aliphatic rings. The molecule has 2 rings (SSSR count). The SMILES string of the molecule is CC1c2cccc(F)c2CCC1N. The van der Waals surface area contributed by atoms with Gasteiger partial charge in [0.2, 0.25) is 0 Å². The number of benzene rings is 1. The Hall–Kier alpha value is -0.890. The third-order valence-electron chi connectivity index (χ3n) is 3.02. The number of fused-ring (bicyclic) bond motifs is 1. The Morgan fingerprint density at radius 3 is 3.00 bits per heavy atom. The third-order valence-corrected chi connectivity index (χ3v) is 3.02. The van der Waals surface area contributed by atoms with Crippen molar-refractivity contribution in [3.8, 4) is 0 Å². The van der Waals surface area contributed by atoms with E-state index in [1.54, 1.807) is 6.07 Å². The molecule has 70 valence electrons. The molecule has 0 saturated carbocycles. The minimum atomic E-state index is -0.0729. The summed E-state index contributed by atoms with van der Waals surface area (Å²) in [4.78, 5) is 0. The van der Waals surface area contributed by atoms with Crippen LogP contribution in [0.5, 0.6) is 0 Å². The summed E-state index contributed by atoms with van der Waals surface area (Å²) >= 11 is 0. The smallest absolute Gasteiger partial charge is 0.126 e. The van der Waals surface area contributed by atoms with Crippen molar-refractivity contribution in [3.05, 3.63) is 35.1 Å². The zero-order chi connectivity index (χ0) is 9.42. The second-order valence-electron chi connectivity index (χ2n) is 3.80. The topological polar surface area (TPSA) is 26.0 Å². The second kappa shape index (κ2) is 3.11. The normalized spacial score (nSPS) is 27.0. The van der Waals surface area contributed by atoms with E-state index in [2.05, 4.69) is 6.92 Å². The molecule has 1 aromatic rings. The molecule has 2 N–H and O–H groups in total. The fourth-order valence-corrected chi connectivity index (χ4v) is 2.06. The predicted octanol–water partition coefficient (Wildman–Crippen LogP) is 2.20. The van der Waals surface area contributed by atoms with E-state index in [-0.39, 0.29) is 11.9 Å². The zero-order valence-electron chi connectivity index (χ0n) is 7.76. The Morgan fingerprint density at radius 1 is 1.46 bits per heavy atom. The highest BCUT2D eigenvalue weighted by molar-refractivity contribution is 5.34. The van der Waals surface area contributed by atoms with Gasteiger partial charge in [0.25, 0.3) is 0 Å². The molecule has 1 aromatic carbocycles. The summed E-state index contributed by atoms with van der Waals surface area (Å²) in [7, 11) is 0. The number of halogens is 1. The average molecular weight is 179 g/mol. The van der Waals surface area contributed by atoms with E-state index in [1.165, 1.54) is 6.07 Å². The Morgan fingerprint density at radius 2 is 2.23 bits per heavy atom. The van der Waals surface area contributed by atoms with Crippen molar-refractivity contribution in [2.45, 2.75) is 31.7 Å². The molecule has 0 fully saturated rings. The van der Waals surface area contributed by atoms with Gasteiger partial charge in [0.15, 0.2) is 0 Å². The van der Waals surface area contributed by atoms with Crippen molar-refractivity contribution in [2.24, 2.45) is 5.73 Å². The highest BCUT2D eigenvalue weighted by Gasteiger charge is 2.24. The van der Waals surface area contributed by atoms with Crippen LogP contribution in [-0.2, 0) is 6.42 Å². The second-order valence-corrected chi connectivity index (χ2v) is 3.80. The molecule has 0 saturated heterocycles. The van der Waals surface area contributed by atoms with Crippen molar-refractivity contribution in [1.29, 1.82) is 0 Å². The monoisotopic (exact) mass is 179 g/mol. The maximum absolute atomic E-state index is 13.3. The minimum absolute atomic E-state index is 0.0729. The fourth-order valence-electron chi connectivity index (χ4n) is 2.06. The molecule has 0 bridgehead atoms. The average Bonchev–Trinajstić information content (AvgIpc) is 2.12. The van der Waals surface area contributed by atoms with Crippen molar-refractivity contribution in [2.75, 3.05) is 0 Å². The molecule has 2 unspecified atom stereocenters. The van der Waals surface area contributed by atoms with E-state index < -0.39 is 0 Å². The molecule has 0 aliphatic heterocycles. The molecule has 0 spiro atoms. The van der Waals surface area contributed by atoms with Gasteiger partial charge in [-0.25, -0.2) is 4.39 Å². The largest absolute Gasteiger partial charge is 0.327 e. The van der Waals surface area contributed by atoms with Crippen LogP contribution < -0.4 is 5.73 Å². The predicted molar refractivity (Wildman–Crippen MR) is 51.1 cm³/mol. The van der Waals surface area contributed by atoms with Crippen LogP contribution in [0.4, 0.5) is 4.39 Å². The van der Waals surface area contributed by atoms with Gasteiger partial charge in [-0.1, -0.05) is 19.1 Å². The van der Waals surface area contributed by atoms with Gasteiger partial charge < -0.3 is 5.73 Å². The summed E-state index contributed by atoms with van der Waals surface area (Å²) in [6, 6.07) is 5.47. The molecule has 2 atom stereocenters. The van der Waals surface area contributed by atoms with Crippen LogP contribution in [0.3, 0.4) is 0 Å². The first kappa shape index (κ1) is 8.70. The Labute approximate surface area is 77.8 Å². The maximum atomic E-state index is 13.3. The summed E-state index contributed by atoms with van der Waals surface area (Å²) in [5, 5.41) is 0. The number of hydrogen-bond donors (Lipinski definition) is 1. The van der Waals surface area contributed by atoms with Gasteiger partial charge in [0, 0.05) is 6.04 Å². The molecule has 0 aromatic heterocycles. The highest BCUT2D eigenvalue weighted by Crippen LogP contribution is 2.31. The van der Waals surface area contributed by atoms with Crippen molar-refractivity contribution in [3.63, 3.8) is 0 Å². The van der Waals surface area contributed by atoms with Crippen LogP contribution >= 0.6 is 0 Å². The molecular weight excluding hydrogens is 165 g/mol. The van der Waals surface area contributed by atoms with Gasteiger partial charge in [-0.15, -0.1) is 0 Å². The summed E-state index contributed by atoms with van der Waals surface area (Å²) in [5.74, 6) is 0.218. The Balaban J connectivity index is 2.49. The van der Waals surface area contributed by atoms with E-state index in [9.17, 15) is 4.39 Å². The van der Waals surface area contributed by atoms with E-state index >= 15 is 0 Å². The van der Waals surface area contributed by atoms with Crippen LogP contribution in [0, 0.1) is 5.82 Å². The van der Waals surface area contributed by atoms with E-state index in [1.807, 2.05) is 6.07 Å². The third kappa shape index (κ3) is 1.35. The first-order chi connectivity index (χ1) is 6.20. The van der Waals surface area contributed by atoms with E-state index in [0.717, 1.165) is 24.0 Å². The van der Waals surface area contributed by atoms with Gasteiger partial charge in [-0.3, -0.25) is 0 Å². The number of nitrogens with two attached hydrogens (primary N) is 1. The number of rotatable bonds is 0. The van der Waals surface area contributed by atoms with Gasteiger partial charge >= 0.3 is 0 Å². The lowest BCUT2D eigenvalue weighted by molar-refractivity contribution is 0.479. The van der Waals surface area contributed by atoms with Crippen molar-refractivity contribution < 1.29 is 4.39 Å². The van der Waals surface area contributed by atoms with Gasteiger partial charge in [0.1, 0.15) is 5.82 Å². The molecule has 1 aliphatic carbocycles. The van der Waals surface area contributed by atoms with Crippen molar-refractivity contribution >= 4 is 0 Å². The van der Waals surface area contributed by atoms with Gasteiger partial charge in [0.05, 0.1) is 0 Å². The molecular formula is C11H14FN.